The fourth-order valence-corrected chi connectivity index (χ4v) is 4.80. The Morgan fingerprint density at radius 3 is 2.44 bits per heavy atom. The second-order valence-corrected chi connectivity index (χ2v) is 9.18. The van der Waals surface area contributed by atoms with Crippen molar-refractivity contribution in [1.82, 2.24) is 10.2 Å². The zero-order valence-corrected chi connectivity index (χ0v) is 16.9. The van der Waals surface area contributed by atoms with E-state index in [4.69, 9.17) is 0 Å². The quantitative estimate of drug-likeness (QED) is 0.802. The van der Waals surface area contributed by atoms with Gasteiger partial charge in [0.2, 0.25) is 11.8 Å². The Morgan fingerprint density at radius 2 is 1.85 bits per heavy atom. The van der Waals surface area contributed by atoms with Crippen molar-refractivity contribution in [3.63, 3.8) is 0 Å². The smallest absolute Gasteiger partial charge is 0.227 e. The molecule has 1 heterocycles. The number of likely N-dealkylation sites (tertiary alicyclic amines) is 1. The van der Waals surface area contributed by atoms with Crippen LogP contribution in [0.4, 0.5) is 0 Å². The second kappa shape index (κ2) is 6.65. The molecule has 146 valence electrons. The highest BCUT2D eigenvalue weighted by Gasteiger charge is 2.61. The minimum absolute atomic E-state index is 0.0198. The van der Waals surface area contributed by atoms with Gasteiger partial charge in [-0.15, -0.1) is 0 Å². The molecule has 4 nitrogen and oxygen atoms in total. The summed E-state index contributed by atoms with van der Waals surface area (Å²) in [5.74, 6) is 0.729. The van der Waals surface area contributed by atoms with Gasteiger partial charge in [0.15, 0.2) is 0 Å². The van der Waals surface area contributed by atoms with Gasteiger partial charge in [-0.05, 0) is 48.1 Å². The first kappa shape index (κ1) is 18.5. The Bertz CT molecular complexity index is 737. The molecule has 0 unspecified atom stereocenters. The second-order valence-electron chi connectivity index (χ2n) is 9.18. The van der Waals surface area contributed by atoms with E-state index >= 15 is 0 Å². The number of hydrogen-bond acceptors (Lipinski definition) is 2. The van der Waals surface area contributed by atoms with Gasteiger partial charge in [0.1, 0.15) is 0 Å². The fraction of sp³-hybridized carbons (Fsp3) is 0.652. The minimum Gasteiger partial charge on any atom is -0.355 e. The number of nitrogens with one attached hydrogen (secondary N) is 1. The van der Waals surface area contributed by atoms with Crippen molar-refractivity contribution in [2.45, 2.75) is 63.7 Å². The third kappa shape index (κ3) is 3.28. The molecule has 0 bridgehead atoms. The van der Waals surface area contributed by atoms with Crippen molar-refractivity contribution in [2.75, 3.05) is 19.6 Å². The maximum Gasteiger partial charge on any atom is 0.227 e. The molecule has 4 heteroatoms. The predicted molar refractivity (Wildman–Crippen MR) is 106 cm³/mol. The third-order valence-corrected chi connectivity index (χ3v) is 7.32. The Balaban J connectivity index is 1.40. The Morgan fingerprint density at radius 1 is 1.19 bits per heavy atom. The SMILES string of the molecule is CCC(=O)NC[C@@H](CC)C(=O)N1C[C@H]2C[C@@]2(c2ccc(C3(C)CC3)cc2)C1. The molecule has 1 saturated heterocycles. The largest absolute Gasteiger partial charge is 0.355 e. The molecular weight excluding hydrogens is 336 g/mol. The first-order valence-corrected chi connectivity index (χ1v) is 10.6. The molecule has 2 saturated carbocycles. The summed E-state index contributed by atoms with van der Waals surface area (Å²) in [4.78, 5) is 26.6. The highest BCUT2D eigenvalue weighted by Crippen LogP contribution is 2.59. The normalized spacial score (nSPS) is 28.4. The van der Waals surface area contributed by atoms with Crippen molar-refractivity contribution < 1.29 is 9.59 Å². The van der Waals surface area contributed by atoms with Crippen molar-refractivity contribution in [3.8, 4) is 0 Å². The fourth-order valence-electron chi connectivity index (χ4n) is 4.80. The topological polar surface area (TPSA) is 49.4 Å². The summed E-state index contributed by atoms with van der Waals surface area (Å²) < 4.78 is 0. The standard InChI is InChI=1S/C23H32N2O2/c1-4-16(13-24-20(26)5-2)21(27)25-14-19-12-23(19,15-25)18-8-6-17(7-9-18)22(3)10-11-22/h6-9,16,19H,4-5,10-15H2,1-3H3,(H,24,26)/t16-,19-,23+/m1/s1. The van der Waals surface area contributed by atoms with E-state index < -0.39 is 0 Å². The summed E-state index contributed by atoms with van der Waals surface area (Å²) in [5, 5.41) is 2.89. The Labute approximate surface area is 162 Å². The van der Waals surface area contributed by atoms with E-state index in [1.54, 1.807) is 0 Å². The summed E-state index contributed by atoms with van der Waals surface area (Å²) in [5.41, 5.74) is 3.46. The van der Waals surface area contributed by atoms with Crippen LogP contribution in [-0.4, -0.2) is 36.3 Å². The first-order valence-electron chi connectivity index (χ1n) is 10.6. The number of amides is 2. The van der Waals surface area contributed by atoms with E-state index in [1.807, 2.05) is 13.8 Å². The van der Waals surface area contributed by atoms with Gasteiger partial charge in [0.25, 0.3) is 0 Å². The molecule has 27 heavy (non-hydrogen) atoms. The average Bonchev–Trinajstić information content (AvgIpc) is 3.58. The van der Waals surface area contributed by atoms with Gasteiger partial charge in [-0.1, -0.05) is 45.0 Å². The first-order chi connectivity index (χ1) is 12.9. The lowest BCUT2D eigenvalue weighted by molar-refractivity contribution is -0.135. The molecule has 3 fully saturated rings. The molecule has 0 radical (unpaired) electrons. The van der Waals surface area contributed by atoms with Gasteiger partial charge in [-0.3, -0.25) is 9.59 Å². The number of hydrogen-bond donors (Lipinski definition) is 1. The molecule has 1 aliphatic heterocycles. The van der Waals surface area contributed by atoms with Gasteiger partial charge in [0.05, 0.1) is 5.92 Å². The number of carbonyl (C=O) groups is 2. The zero-order valence-electron chi connectivity index (χ0n) is 16.9. The van der Waals surface area contributed by atoms with Crippen LogP contribution < -0.4 is 5.32 Å². The lowest BCUT2D eigenvalue weighted by Crippen LogP contribution is -2.42. The van der Waals surface area contributed by atoms with Crippen LogP contribution in [0, 0.1) is 11.8 Å². The maximum absolute atomic E-state index is 13.0. The van der Waals surface area contributed by atoms with Crippen LogP contribution in [0.25, 0.3) is 0 Å². The van der Waals surface area contributed by atoms with Crippen LogP contribution in [0.5, 0.6) is 0 Å². The number of benzene rings is 1. The molecule has 3 atom stereocenters. The van der Waals surface area contributed by atoms with E-state index in [1.165, 1.54) is 30.4 Å². The van der Waals surface area contributed by atoms with E-state index in [-0.39, 0.29) is 23.1 Å². The molecule has 2 aliphatic carbocycles. The van der Waals surface area contributed by atoms with Crippen LogP contribution in [-0.2, 0) is 20.4 Å². The molecule has 0 spiro atoms. The summed E-state index contributed by atoms with van der Waals surface area (Å²) >= 11 is 0. The highest BCUT2D eigenvalue weighted by molar-refractivity contribution is 5.81. The molecule has 1 N–H and O–H groups in total. The van der Waals surface area contributed by atoms with Crippen molar-refractivity contribution in [3.05, 3.63) is 35.4 Å². The monoisotopic (exact) mass is 368 g/mol. The average molecular weight is 369 g/mol. The molecule has 0 aromatic heterocycles. The van der Waals surface area contributed by atoms with Crippen molar-refractivity contribution in [2.24, 2.45) is 11.8 Å². The summed E-state index contributed by atoms with van der Waals surface area (Å²) in [6.45, 7) is 8.39. The minimum atomic E-state index is -0.104. The predicted octanol–water partition coefficient (Wildman–Crippen LogP) is 3.39. The van der Waals surface area contributed by atoms with Crippen LogP contribution in [0.1, 0.15) is 64.0 Å². The van der Waals surface area contributed by atoms with Gasteiger partial charge >= 0.3 is 0 Å². The lowest BCUT2D eigenvalue weighted by atomic mass is 9.90. The van der Waals surface area contributed by atoms with Crippen LogP contribution in [0.15, 0.2) is 24.3 Å². The Hall–Kier alpha value is -1.84. The van der Waals surface area contributed by atoms with Gasteiger partial charge in [-0.25, -0.2) is 0 Å². The number of piperidine rings is 1. The summed E-state index contributed by atoms with van der Waals surface area (Å²) in [7, 11) is 0. The molecule has 3 aliphatic rings. The van der Waals surface area contributed by atoms with Gasteiger partial charge in [-0.2, -0.15) is 0 Å². The van der Waals surface area contributed by atoms with Gasteiger partial charge < -0.3 is 10.2 Å². The number of nitrogens with zero attached hydrogens (tertiary/aromatic N) is 1. The molecule has 2 amide bonds. The van der Waals surface area contributed by atoms with E-state index in [2.05, 4.69) is 41.4 Å². The molecular formula is C23H32N2O2. The third-order valence-electron chi connectivity index (χ3n) is 7.32. The van der Waals surface area contributed by atoms with Crippen LogP contribution in [0.2, 0.25) is 0 Å². The summed E-state index contributed by atoms with van der Waals surface area (Å²) in [6, 6.07) is 9.25. The summed E-state index contributed by atoms with van der Waals surface area (Å²) in [6.07, 6.45) is 5.04. The van der Waals surface area contributed by atoms with Crippen molar-refractivity contribution in [1.29, 1.82) is 0 Å². The van der Waals surface area contributed by atoms with E-state index in [0.29, 0.717) is 24.3 Å². The van der Waals surface area contributed by atoms with Crippen LogP contribution in [0.3, 0.4) is 0 Å². The van der Waals surface area contributed by atoms with E-state index in [9.17, 15) is 9.59 Å². The maximum atomic E-state index is 13.0. The van der Waals surface area contributed by atoms with Crippen molar-refractivity contribution >= 4 is 11.8 Å². The van der Waals surface area contributed by atoms with Crippen LogP contribution >= 0.6 is 0 Å². The lowest BCUT2D eigenvalue weighted by Gasteiger charge is -2.26. The zero-order chi connectivity index (χ0) is 19.2. The Kier molecular flexibility index (Phi) is 4.56. The number of rotatable bonds is 7. The molecule has 1 aromatic carbocycles. The van der Waals surface area contributed by atoms with Gasteiger partial charge in [0, 0.05) is 31.5 Å². The highest BCUT2D eigenvalue weighted by atomic mass is 16.2. The van der Waals surface area contributed by atoms with E-state index in [0.717, 1.165) is 19.5 Å². The number of fused-ring (bicyclic) bond motifs is 1. The molecule has 4 rings (SSSR count). The number of carbonyl (C=O) groups excluding carboxylic acids is 2. The molecule has 1 aromatic rings.